The van der Waals surface area contributed by atoms with Crippen LogP contribution >= 0.6 is 11.6 Å². The van der Waals surface area contributed by atoms with Gasteiger partial charge in [-0.3, -0.25) is 9.59 Å². The standard InChI is InChI=1S/C21H18ClFN4O5/c22-13-5-11(6-14(23)9-13)10-25-18(28)21(31)3-4-27(19(21)29)15-1-2-16-12(7-15)8-17(26-16)32-20(24)30/h1-2,5-9,26,31H,3-4,10H2,(H2,24,30)(H,25,28)/t21-/m0/s1. The molecule has 1 atom stereocenters. The van der Waals surface area contributed by atoms with Crippen LogP contribution in [0.4, 0.5) is 14.9 Å². The van der Waals surface area contributed by atoms with Gasteiger partial charge in [0.2, 0.25) is 11.5 Å². The maximum absolute atomic E-state index is 13.5. The summed E-state index contributed by atoms with van der Waals surface area (Å²) in [5, 5.41) is 14.0. The summed E-state index contributed by atoms with van der Waals surface area (Å²) in [6.45, 7) is -0.00102. The normalized spacial score (nSPS) is 18.2. The average molecular weight is 461 g/mol. The van der Waals surface area contributed by atoms with Gasteiger partial charge in [0.1, 0.15) is 5.82 Å². The Hall–Kier alpha value is -3.63. The van der Waals surface area contributed by atoms with E-state index in [2.05, 4.69) is 10.3 Å². The number of halogens is 2. The predicted molar refractivity (Wildman–Crippen MR) is 114 cm³/mol. The van der Waals surface area contributed by atoms with Gasteiger partial charge in [-0.05, 0) is 42.0 Å². The first-order valence-electron chi connectivity index (χ1n) is 9.53. The van der Waals surface area contributed by atoms with E-state index in [-0.39, 0.29) is 30.4 Å². The van der Waals surface area contributed by atoms with Gasteiger partial charge in [-0.25, -0.2) is 9.18 Å². The molecular formula is C21H18ClFN4O5. The van der Waals surface area contributed by atoms with Crippen molar-refractivity contribution in [2.24, 2.45) is 5.73 Å². The molecule has 0 radical (unpaired) electrons. The van der Waals surface area contributed by atoms with Crippen LogP contribution in [-0.4, -0.2) is 40.1 Å². The van der Waals surface area contributed by atoms with Crippen LogP contribution in [0.5, 0.6) is 5.88 Å². The maximum Gasteiger partial charge on any atom is 0.411 e. The van der Waals surface area contributed by atoms with E-state index in [1.807, 2.05) is 0 Å². The van der Waals surface area contributed by atoms with Crippen molar-refractivity contribution < 1.29 is 28.6 Å². The summed E-state index contributed by atoms with van der Waals surface area (Å²) >= 11 is 5.80. The van der Waals surface area contributed by atoms with Crippen LogP contribution in [0, 0.1) is 5.82 Å². The van der Waals surface area contributed by atoms with Gasteiger partial charge < -0.3 is 30.8 Å². The molecule has 1 aliphatic heterocycles. The number of nitrogens with one attached hydrogen (secondary N) is 2. The third kappa shape index (κ3) is 4.10. The third-order valence-electron chi connectivity index (χ3n) is 5.15. The molecule has 5 N–H and O–H groups in total. The fraction of sp³-hybridized carbons (Fsp3) is 0.190. The zero-order valence-corrected chi connectivity index (χ0v) is 17.3. The average Bonchev–Trinajstić information content (AvgIpc) is 3.25. The Balaban J connectivity index is 1.49. The van der Waals surface area contributed by atoms with E-state index in [0.717, 1.165) is 6.07 Å². The Kier molecular flexibility index (Phi) is 5.49. The highest BCUT2D eigenvalue weighted by Crippen LogP contribution is 2.32. The first-order valence-corrected chi connectivity index (χ1v) is 9.91. The molecule has 166 valence electrons. The number of primary amides is 1. The summed E-state index contributed by atoms with van der Waals surface area (Å²) in [7, 11) is 0. The number of aromatic amines is 1. The highest BCUT2D eigenvalue weighted by Gasteiger charge is 2.51. The maximum atomic E-state index is 13.5. The SMILES string of the molecule is NC(=O)Oc1cc2cc(N3CC[C@](O)(C(=O)NCc4cc(F)cc(Cl)c4)C3=O)ccc2[nH]1. The number of carbonyl (C=O) groups is 3. The first-order chi connectivity index (χ1) is 15.2. The number of rotatable bonds is 5. The van der Waals surface area contributed by atoms with E-state index >= 15 is 0 Å². The lowest BCUT2D eigenvalue weighted by atomic mass is 10.0. The molecule has 0 aliphatic carbocycles. The van der Waals surface area contributed by atoms with Crippen LogP contribution in [0.25, 0.3) is 10.9 Å². The second-order valence-corrected chi connectivity index (χ2v) is 7.79. The van der Waals surface area contributed by atoms with Gasteiger partial charge in [-0.15, -0.1) is 0 Å². The van der Waals surface area contributed by atoms with Crippen molar-refractivity contribution in [1.29, 1.82) is 0 Å². The number of ether oxygens (including phenoxy) is 1. The Labute approximate surface area is 185 Å². The second kappa shape index (κ2) is 8.13. The quantitative estimate of drug-likeness (QED) is 0.432. The van der Waals surface area contributed by atoms with Crippen LogP contribution in [0.2, 0.25) is 5.02 Å². The molecule has 3 aromatic rings. The summed E-state index contributed by atoms with van der Waals surface area (Å²) in [4.78, 5) is 40.6. The Morgan fingerprint density at radius 3 is 2.78 bits per heavy atom. The van der Waals surface area contributed by atoms with Gasteiger partial charge in [-0.2, -0.15) is 0 Å². The molecule has 0 saturated carbocycles. The number of aromatic nitrogens is 1. The van der Waals surface area contributed by atoms with Crippen LogP contribution in [0.1, 0.15) is 12.0 Å². The molecule has 11 heteroatoms. The fourth-order valence-corrected chi connectivity index (χ4v) is 3.87. The summed E-state index contributed by atoms with van der Waals surface area (Å²) in [5.74, 6) is -2.08. The largest absolute Gasteiger partial charge is 0.411 e. The number of aliphatic hydroxyl groups is 1. The molecule has 4 rings (SSSR count). The number of hydrogen-bond acceptors (Lipinski definition) is 5. The highest BCUT2D eigenvalue weighted by atomic mass is 35.5. The molecule has 0 bridgehead atoms. The number of nitrogens with zero attached hydrogens (tertiary/aromatic N) is 1. The molecule has 2 aromatic carbocycles. The molecule has 32 heavy (non-hydrogen) atoms. The summed E-state index contributed by atoms with van der Waals surface area (Å²) < 4.78 is 18.3. The molecule has 1 saturated heterocycles. The van der Waals surface area contributed by atoms with Crippen LogP contribution in [-0.2, 0) is 16.1 Å². The summed E-state index contributed by atoms with van der Waals surface area (Å²) in [5.41, 5.74) is 4.22. The number of H-pyrrole nitrogens is 1. The lowest BCUT2D eigenvalue weighted by Gasteiger charge is -2.22. The van der Waals surface area contributed by atoms with Gasteiger partial charge in [0, 0.05) is 47.2 Å². The minimum atomic E-state index is -2.26. The number of anilines is 1. The van der Waals surface area contributed by atoms with E-state index < -0.39 is 29.3 Å². The van der Waals surface area contributed by atoms with E-state index in [0.29, 0.717) is 22.2 Å². The van der Waals surface area contributed by atoms with Crippen molar-refractivity contribution in [3.63, 3.8) is 0 Å². The Morgan fingerprint density at radius 1 is 1.28 bits per heavy atom. The van der Waals surface area contributed by atoms with Crippen molar-refractivity contribution in [2.75, 3.05) is 11.4 Å². The second-order valence-electron chi connectivity index (χ2n) is 7.35. The van der Waals surface area contributed by atoms with Gasteiger partial charge in [0.15, 0.2) is 0 Å². The Morgan fingerprint density at radius 2 is 2.06 bits per heavy atom. The summed E-state index contributed by atoms with van der Waals surface area (Å²) in [6.07, 6.45) is -1.09. The monoisotopic (exact) mass is 460 g/mol. The van der Waals surface area contributed by atoms with Gasteiger partial charge in [-0.1, -0.05) is 11.6 Å². The first kappa shape index (κ1) is 21.6. The molecule has 9 nitrogen and oxygen atoms in total. The summed E-state index contributed by atoms with van der Waals surface area (Å²) in [6, 6.07) is 10.3. The van der Waals surface area contributed by atoms with Crippen LogP contribution in [0.3, 0.4) is 0 Å². The zero-order valence-electron chi connectivity index (χ0n) is 16.5. The molecule has 1 fully saturated rings. The van der Waals surface area contributed by atoms with Crippen molar-refractivity contribution in [3.05, 3.63) is 58.9 Å². The fourth-order valence-electron chi connectivity index (χ4n) is 3.63. The number of fused-ring (bicyclic) bond motifs is 1. The van der Waals surface area contributed by atoms with E-state index in [1.54, 1.807) is 18.2 Å². The molecular weight excluding hydrogens is 443 g/mol. The minimum Gasteiger partial charge on any atom is -0.393 e. The number of hydrogen-bond donors (Lipinski definition) is 4. The molecule has 1 aliphatic rings. The number of amides is 3. The predicted octanol–water partition coefficient (Wildman–Crippen LogP) is 2.20. The smallest absolute Gasteiger partial charge is 0.393 e. The lowest BCUT2D eigenvalue weighted by Crippen LogP contribution is -2.52. The van der Waals surface area contributed by atoms with Crippen molar-refractivity contribution in [3.8, 4) is 5.88 Å². The van der Waals surface area contributed by atoms with Crippen LogP contribution < -0.4 is 20.7 Å². The Bertz CT molecular complexity index is 1230. The number of benzene rings is 2. The van der Waals surface area contributed by atoms with E-state index in [9.17, 15) is 23.9 Å². The van der Waals surface area contributed by atoms with E-state index in [1.165, 1.54) is 23.1 Å². The van der Waals surface area contributed by atoms with Crippen molar-refractivity contribution >= 4 is 46.1 Å². The highest BCUT2D eigenvalue weighted by molar-refractivity contribution is 6.30. The minimum absolute atomic E-state index is 0.106. The van der Waals surface area contributed by atoms with Crippen molar-refractivity contribution in [1.82, 2.24) is 10.3 Å². The number of nitrogens with two attached hydrogens (primary N) is 1. The molecule has 2 heterocycles. The molecule has 3 amide bonds. The molecule has 0 unspecified atom stereocenters. The van der Waals surface area contributed by atoms with Gasteiger partial charge in [0.05, 0.1) is 0 Å². The van der Waals surface area contributed by atoms with Crippen molar-refractivity contribution in [2.45, 2.75) is 18.6 Å². The van der Waals surface area contributed by atoms with Gasteiger partial charge >= 0.3 is 6.09 Å². The lowest BCUT2D eigenvalue weighted by molar-refractivity contribution is -0.149. The van der Waals surface area contributed by atoms with Crippen LogP contribution in [0.15, 0.2) is 42.5 Å². The molecule has 0 spiro atoms. The molecule has 1 aromatic heterocycles. The zero-order chi connectivity index (χ0) is 23.0. The topological polar surface area (TPSA) is 138 Å². The van der Waals surface area contributed by atoms with E-state index in [4.69, 9.17) is 22.1 Å². The van der Waals surface area contributed by atoms with Gasteiger partial charge in [0.25, 0.3) is 11.8 Å². The number of carbonyl (C=O) groups excluding carboxylic acids is 3. The third-order valence-corrected chi connectivity index (χ3v) is 5.37.